The summed E-state index contributed by atoms with van der Waals surface area (Å²) < 4.78 is 5.41. The van der Waals surface area contributed by atoms with Crippen LogP contribution < -0.4 is 4.74 Å². The number of hydrogen-bond acceptors (Lipinski definition) is 4. The summed E-state index contributed by atoms with van der Waals surface area (Å²) in [6.07, 6.45) is 0.483. The lowest BCUT2D eigenvalue weighted by Crippen LogP contribution is -2.16. The predicted molar refractivity (Wildman–Crippen MR) is 70.2 cm³/mol. The average Bonchev–Trinajstić information content (AvgIpc) is 2.39. The molecule has 1 rings (SSSR count). The van der Waals surface area contributed by atoms with Gasteiger partial charge in [-0.1, -0.05) is 0 Å². The van der Waals surface area contributed by atoms with Crippen molar-refractivity contribution >= 4 is 0 Å². The second-order valence-corrected chi connectivity index (χ2v) is 4.67. The van der Waals surface area contributed by atoms with Gasteiger partial charge in [-0.25, -0.2) is 0 Å². The van der Waals surface area contributed by atoms with E-state index in [4.69, 9.17) is 4.74 Å². The molecule has 3 N–H and O–H groups in total. The summed E-state index contributed by atoms with van der Waals surface area (Å²) in [4.78, 5) is 0. The molecule has 18 heavy (non-hydrogen) atoms. The van der Waals surface area contributed by atoms with Crippen LogP contribution in [0.5, 0.6) is 11.5 Å². The van der Waals surface area contributed by atoms with E-state index in [-0.39, 0.29) is 24.9 Å². The van der Waals surface area contributed by atoms with Gasteiger partial charge in [0.15, 0.2) is 0 Å². The van der Waals surface area contributed by atoms with Gasteiger partial charge in [-0.3, -0.25) is 0 Å². The molecule has 0 radical (unpaired) electrons. The zero-order valence-electron chi connectivity index (χ0n) is 11.4. The van der Waals surface area contributed by atoms with Crippen molar-refractivity contribution in [1.82, 2.24) is 0 Å². The van der Waals surface area contributed by atoms with Crippen molar-refractivity contribution in [2.45, 2.75) is 27.2 Å². The molecule has 0 spiro atoms. The maximum atomic E-state index is 10.1. The van der Waals surface area contributed by atoms with Crippen LogP contribution in [0.1, 0.15) is 22.3 Å². The number of rotatable bonds is 5. The number of benzene rings is 1. The Balaban J connectivity index is 3.33. The van der Waals surface area contributed by atoms with Crippen LogP contribution in [0, 0.1) is 26.7 Å². The van der Waals surface area contributed by atoms with E-state index in [1.54, 1.807) is 7.11 Å². The molecule has 4 nitrogen and oxygen atoms in total. The number of ether oxygens (including phenoxy) is 1. The Labute approximate surface area is 108 Å². The third-order valence-electron chi connectivity index (χ3n) is 3.55. The standard InChI is InChI=1S/C14H22O4/c1-8-9(2)14(18-4)12(10(3)13(8)17)5-11(6-15)7-16/h11,15-17H,5-7H2,1-4H3. The van der Waals surface area contributed by atoms with Gasteiger partial charge in [0, 0.05) is 24.7 Å². The minimum absolute atomic E-state index is 0.0905. The number of aliphatic hydroxyl groups excluding tert-OH is 2. The Morgan fingerprint density at radius 3 is 2.00 bits per heavy atom. The monoisotopic (exact) mass is 254 g/mol. The molecule has 0 bridgehead atoms. The van der Waals surface area contributed by atoms with E-state index < -0.39 is 0 Å². The Hall–Kier alpha value is -1.26. The number of methoxy groups -OCH3 is 1. The van der Waals surface area contributed by atoms with Gasteiger partial charge in [-0.2, -0.15) is 0 Å². The SMILES string of the molecule is COc1c(C)c(C)c(O)c(C)c1CC(CO)CO. The van der Waals surface area contributed by atoms with E-state index in [0.717, 1.165) is 28.0 Å². The minimum Gasteiger partial charge on any atom is -0.507 e. The molecule has 102 valence electrons. The molecular weight excluding hydrogens is 232 g/mol. The topological polar surface area (TPSA) is 69.9 Å². The van der Waals surface area contributed by atoms with E-state index in [9.17, 15) is 15.3 Å². The van der Waals surface area contributed by atoms with Crippen molar-refractivity contribution in [3.8, 4) is 11.5 Å². The zero-order valence-corrected chi connectivity index (χ0v) is 11.4. The van der Waals surface area contributed by atoms with Gasteiger partial charge in [0.1, 0.15) is 11.5 Å². The lowest BCUT2D eigenvalue weighted by molar-refractivity contribution is 0.149. The van der Waals surface area contributed by atoms with Gasteiger partial charge in [0.2, 0.25) is 0 Å². The maximum Gasteiger partial charge on any atom is 0.125 e. The van der Waals surface area contributed by atoms with E-state index in [0.29, 0.717) is 6.42 Å². The fourth-order valence-electron chi connectivity index (χ4n) is 2.17. The van der Waals surface area contributed by atoms with Crippen LogP contribution in [0.15, 0.2) is 0 Å². The van der Waals surface area contributed by atoms with E-state index in [1.807, 2.05) is 20.8 Å². The molecule has 0 heterocycles. The highest BCUT2D eigenvalue weighted by Crippen LogP contribution is 2.37. The van der Waals surface area contributed by atoms with E-state index in [1.165, 1.54) is 0 Å². The van der Waals surface area contributed by atoms with Gasteiger partial charge >= 0.3 is 0 Å². The van der Waals surface area contributed by atoms with Crippen LogP contribution in [0.25, 0.3) is 0 Å². The largest absolute Gasteiger partial charge is 0.507 e. The van der Waals surface area contributed by atoms with Crippen LogP contribution in [0.2, 0.25) is 0 Å². The van der Waals surface area contributed by atoms with Gasteiger partial charge in [-0.15, -0.1) is 0 Å². The molecule has 0 saturated carbocycles. The summed E-state index contributed by atoms with van der Waals surface area (Å²) in [5.74, 6) is 0.756. The molecule has 0 amide bonds. The third-order valence-corrected chi connectivity index (χ3v) is 3.55. The summed E-state index contributed by atoms with van der Waals surface area (Å²) in [5.41, 5.74) is 3.30. The molecule has 0 aliphatic heterocycles. The Morgan fingerprint density at radius 2 is 1.56 bits per heavy atom. The van der Waals surface area contributed by atoms with Crippen molar-refractivity contribution in [3.63, 3.8) is 0 Å². The molecule has 0 aromatic heterocycles. The lowest BCUT2D eigenvalue weighted by Gasteiger charge is -2.21. The van der Waals surface area contributed by atoms with Crippen LogP contribution in [-0.2, 0) is 6.42 Å². The first-order chi connectivity index (χ1) is 8.47. The maximum absolute atomic E-state index is 10.1. The van der Waals surface area contributed by atoms with Crippen LogP contribution in [-0.4, -0.2) is 35.6 Å². The van der Waals surface area contributed by atoms with Crippen LogP contribution in [0.3, 0.4) is 0 Å². The predicted octanol–water partition coefficient (Wildman–Crippen LogP) is 1.47. The summed E-state index contributed by atoms with van der Waals surface area (Å²) in [6.45, 7) is 5.38. The molecule has 1 aromatic rings. The molecule has 4 heteroatoms. The molecular formula is C14H22O4. The third kappa shape index (κ3) is 2.60. The summed E-state index contributed by atoms with van der Waals surface area (Å²) in [5, 5.41) is 28.4. The normalized spacial score (nSPS) is 11.1. The molecule has 0 fully saturated rings. The van der Waals surface area contributed by atoms with Gasteiger partial charge in [-0.05, 0) is 43.9 Å². The number of phenolic OH excluding ortho intramolecular Hbond substituents is 1. The Morgan fingerprint density at radius 1 is 1.00 bits per heavy atom. The summed E-state index contributed by atoms with van der Waals surface area (Å²) in [6, 6.07) is 0. The molecule has 0 unspecified atom stereocenters. The molecule has 0 saturated heterocycles. The van der Waals surface area contributed by atoms with E-state index >= 15 is 0 Å². The number of aromatic hydroxyl groups is 1. The Kier molecular flexibility index (Phi) is 4.99. The van der Waals surface area contributed by atoms with Crippen LogP contribution >= 0.6 is 0 Å². The Bertz CT molecular complexity index is 423. The van der Waals surface area contributed by atoms with Gasteiger partial charge in [0.05, 0.1) is 7.11 Å². The molecule has 0 aliphatic carbocycles. The first kappa shape index (κ1) is 14.8. The second kappa shape index (κ2) is 6.07. The number of phenols is 1. The van der Waals surface area contributed by atoms with Crippen molar-refractivity contribution in [3.05, 3.63) is 22.3 Å². The van der Waals surface area contributed by atoms with Crippen molar-refractivity contribution < 1.29 is 20.1 Å². The van der Waals surface area contributed by atoms with Crippen molar-refractivity contribution in [2.24, 2.45) is 5.92 Å². The zero-order chi connectivity index (χ0) is 13.9. The first-order valence-electron chi connectivity index (χ1n) is 6.05. The quantitative estimate of drug-likeness (QED) is 0.744. The second-order valence-electron chi connectivity index (χ2n) is 4.67. The van der Waals surface area contributed by atoms with Gasteiger partial charge < -0.3 is 20.1 Å². The molecule has 1 aromatic carbocycles. The van der Waals surface area contributed by atoms with Crippen molar-refractivity contribution in [2.75, 3.05) is 20.3 Å². The molecule has 0 atom stereocenters. The van der Waals surface area contributed by atoms with Crippen LogP contribution in [0.4, 0.5) is 0 Å². The molecule has 0 aliphatic rings. The highest BCUT2D eigenvalue weighted by Gasteiger charge is 2.20. The summed E-state index contributed by atoms with van der Waals surface area (Å²) >= 11 is 0. The highest BCUT2D eigenvalue weighted by atomic mass is 16.5. The fourth-order valence-corrected chi connectivity index (χ4v) is 2.17. The lowest BCUT2D eigenvalue weighted by atomic mass is 9.91. The van der Waals surface area contributed by atoms with Crippen molar-refractivity contribution in [1.29, 1.82) is 0 Å². The number of hydrogen-bond donors (Lipinski definition) is 3. The van der Waals surface area contributed by atoms with E-state index in [2.05, 4.69) is 0 Å². The summed E-state index contributed by atoms with van der Waals surface area (Å²) in [7, 11) is 1.59. The fraction of sp³-hybridized carbons (Fsp3) is 0.571. The number of aliphatic hydroxyl groups is 2. The first-order valence-corrected chi connectivity index (χ1v) is 6.05. The highest BCUT2D eigenvalue weighted by molar-refractivity contribution is 5.57. The minimum atomic E-state index is -0.237. The van der Waals surface area contributed by atoms with Gasteiger partial charge in [0.25, 0.3) is 0 Å². The smallest absolute Gasteiger partial charge is 0.125 e. The average molecular weight is 254 g/mol.